The van der Waals surface area contributed by atoms with Gasteiger partial charge in [0.15, 0.2) is 0 Å². The first-order chi connectivity index (χ1) is 8.25. The van der Waals surface area contributed by atoms with Gasteiger partial charge in [-0.2, -0.15) is 5.10 Å². The van der Waals surface area contributed by atoms with Gasteiger partial charge >= 0.3 is 0 Å². The number of hydrogen-bond acceptors (Lipinski definition) is 3. The second-order valence-corrected chi connectivity index (χ2v) is 4.51. The normalized spacial score (nSPS) is 22.1. The largest absolute Gasteiger partial charge is 0.378 e. The van der Waals surface area contributed by atoms with Crippen LogP contribution in [0.3, 0.4) is 0 Å². The molecule has 0 radical (unpaired) electrons. The molecule has 1 aromatic rings. The van der Waals surface area contributed by atoms with Crippen LogP contribution in [-0.4, -0.2) is 28.8 Å². The maximum atomic E-state index is 11.8. The summed E-state index contributed by atoms with van der Waals surface area (Å²) in [5.41, 5.74) is 0.989. The minimum absolute atomic E-state index is 0.00941. The van der Waals surface area contributed by atoms with Crippen molar-refractivity contribution in [2.24, 2.45) is 0 Å². The highest BCUT2D eigenvalue weighted by Crippen LogP contribution is 2.16. The summed E-state index contributed by atoms with van der Waals surface area (Å²) >= 11 is 0. The van der Waals surface area contributed by atoms with Crippen molar-refractivity contribution in [3.05, 3.63) is 18.0 Å². The molecule has 5 nitrogen and oxygen atoms in total. The molecule has 0 saturated carbocycles. The van der Waals surface area contributed by atoms with E-state index in [0.717, 1.165) is 31.4 Å². The van der Waals surface area contributed by atoms with E-state index in [2.05, 4.69) is 15.5 Å². The SMILES string of the molecule is CC(NC(=O)CC1CCCCO1)c1cn[nH]c1. The van der Waals surface area contributed by atoms with Crippen molar-refractivity contribution in [2.75, 3.05) is 6.61 Å². The average Bonchev–Trinajstić information content (AvgIpc) is 2.83. The predicted octanol–water partition coefficient (Wildman–Crippen LogP) is 1.55. The van der Waals surface area contributed by atoms with E-state index in [1.54, 1.807) is 12.4 Å². The number of nitrogens with one attached hydrogen (secondary N) is 2. The molecule has 0 bridgehead atoms. The zero-order valence-corrected chi connectivity index (χ0v) is 10.1. The molecule has 2 N–H and O–H groups in total. The zero-order chi connectivity index (χ0) is 12.1. The van der Waals surface area contributed by atoms with Crippen LogP contribution in [0.1, 0.15) is 44.2 Å². The quantitative estimate of drug-likeness (QED) is 0.834. The van der Waals surface area contributed by atoms with Crippen LogP contribution in [0.4, 0.5) is 0 Å². The van der Waals surface area contributed by atoms with Crippen LogP contribution in [0.5, 0.6) is 0 Å². The van der Waals surface area contributed by atoms with E-state index in [9.17, 15) is 4.79 Å². The van der Waals surface area contributed by atoms with Gasteiger partial charge < -0.3 is 10.1 Å². The van der Waals surface area contributed by atoms with Crippen molar-refractivity contribution in [3.8, 4) is 0 Å². The van der Waals surface area contributed by atoms with Gasteiger partial charge in [-0.1, -0.05) is 0 Å². The fourth-order valence-electron chi connectivity index (χ4n) is 2.06. The summed E-state index contributed by atoms with van der Waals surface area (Å²) in [6, 6.07) is -0.00941. The van der Waals surface area contributed by atoms with Gasteiger partial charge in [0.05, 0.1) is 24.8 Å². The molecule has 1 amide bonds. The molecule has 17 heavy (non-hydrogen) atoms. The lowest BCUT2D eigenvalue weighted by atomic mass is 10.1. The first-order valence-electron chi connectivity index (χ1n) is 6.15. The van der Waals surface area contributed by atoms with Gasteiger partial charge in [0.25, 0.3) is 0 Å². The maximum absolute atomic E-state index is 11.8. The Hall–Kier alpha value is -1.36. The second-order valence-electron chi connectivity index (χ2n) is 4.51. The summed E-state index contributed by atoms with van der Waals surface area (Å²) in [4.78, 5) is 11.8. The third kappa shape index (κ3) is 3.56. The fraction of sp³-hybridized carbons (Fsp3) is 0.667. The Morgan fingerprint density at radius 2 is 2.59 bits per heavy atom. The Balaban J connectivity index is 1.76. The number of aromatic amines is 1. The molecule has 1 saturated heterocycles. The fourth-order valence-corrected chi connectivity index (χ4v) is 2.06. The van der Waals surface area contributed by atoms with E-state index in [0.29, 0.717) is 6.42 Å². The summed E-state index contributed by atoms with van der Waals surface area (Å²) in [6.45, 7) is 2.74. The monoisotopic (exact) mass is 237 g/mol. The van der Waals surface area contributed by atoms with Gasteiger partial charge in [0.1, 0.15) is 0 Å². The van der Waals surface area contributed by atoms with Crippen molar-refractivity contribution < 1.29 is 9.53 Å². The average molecular weight is 237 g/mol. The molecule has 2 atom stereocenters. The van der Waals surface area contributed by atoms with Crippen LogP contribution in [0, 0.1) is 0 Å². The van der Waals surface area contributed by atoms with Gasteiger partial charge in [0, 0.05) is 18.4 Å². The molecule has 2 heterocycles. The Bertz CT molecular complexity index is 345. The van der Waals surface area contributed by atoms with E-state index in [1.165, 1.54) is 0 Å². The number of H-pyrrole nitrogens is 1. The van der Waals surface area contributed by atoms with E-state index < -0.39 is 0 Å². The zero-order valence-electron chi connectivity index (χ0n) is 10.1. The van der Waals surface area contributed by atoms with Crippen molar-refractivity contribution in [2.45, 2.75) is 44.8 Å². The molecule has 94 valence electrons. The minimum atomic E-state index is -0.00941. The molecule has 0 aliphatic carbocycles. The molecular weight excluding hydrogens is 218 g/mol. The smallest absolute Gasteiger partial charge is 0.223 e. The van der Waals surface area contributed by atoms with E-state index in [4.69, 9.17) is 4.74 Å². The molecule has 5 heteroatoms. The summed E-state index contributed by atoms with van der Waals surface area (Å²) in [7, 11) is 0. The van der Waals surface area contributed by atoms with Gasteiger partial charge in [-0.15, -0.1) is 0 Å². The topological polar surface area (TPSA) is 67.0 Å². The minimum Gasteiger partial charge on any atom is -0.378 e. The third-order valence-electron chi connectivity index (χ3n) is 3.08. The van der Waals surface area contributed by atoms with Gasteiger partial charge in [-0.3, -0.25) is 9.89 Å². The van der Waals surface area contributed by atoms with Gasteiger partial charge in [-0.25, -0.2) is 0 Å². The summed E-state index contributed by atoms with van der Waals surface area (Å²) < 4.78 is 5.54. The lowest BCUT2D eigenvalue weighted by Gasteiger charge is -2.22. The predicted molar refractivity (Wildman–Crippen MR) is 63.4 cm³/mol. The number of carbonyl (C=O) groups excluding carboxylic acids is 1. The summed E-state index contributed by atoms with van der Waals surface area (Å²) in [5.74, 6) is 0.0469. The number of amides is 1. The van der Waals surface area contributed by atoms with E-state index in [1.807, 2.05) is 6.92 Å². The Morgan fingerprint density at radius 3 is 3.24 bits per heavy atom. The van der Waals surface area contributed by atoms with Gasteiger partial charge in [0.2, 0.25) is 5.91 Å². The molecule has 1 aromatic heterocycles. The van der Waals surface area contributed by atoms with Gasteiger partial charge in [-0.05, 0) is 26.2 Å². The van der Waals surface area contributed by atoms with E-state index in [-0.39, 0.29) is 18.1 Å². The molecule has 2 rings (SSSR count). The lowest BCUT2D eigenvalue weighted by molar-refractivity contribution is -0.125. The lowest BCUT2D eigenvalue weighted by Crippen LogP contribution is -2.32. The number of aromatic nitrogens is 2. The number of hydrogen-bond donors (Lipinski definition) is 2. The van der Waals surface area contributed by atoms with E-state index >= 15 is 0 Å². The Labute approximate surface area is 101 Å². The number of carbonyl (C=O) groups is 1. The summed E-state index contributed by atoms with van der Waals surface area (Å²) in [5, 5.41) is 9.56. The van der Waals surface area contributed by atoms with Crippen LogP contribution in [0.25, 0.3) is 0 Å². The molecule has 1 aliphatic heterocycles. The highest BCUT2D eigenvalue weighted by molar-refractivity contribution is 5.76. The van der Waals surface area contributed by atoms with Crippen molar-refractivity contribution >= 4 is 5.91 Å². The van der Waals surface area contributed by atoms with Crippen molar-refractivity contribution in [3.63, 3.8) is 0 Å². The van der Waals surface area contributed by atoms with Crippen LogP contribution in [0.15, 0.2) is 12.4 Å². The first-order valence-corrected chi connectivity index (χ1v) is 6.15. The third-order valence-corrected chi connectivity index (χ3v) is 3.08. The highest BCUT2D eigenvalue weighted by atomic mass is 16.5. The van der Waals surface area contributed by atoms with Crippen LogP contribution in [-0.2, 0) is 9.53 Å². The number of nitrogens with zero attached hydrogens (tertiary/aromatic N) is 1. The standard InChI is InChI=1S/C12H19N3O2/c1-9(10-7-13-14-8-10)15-12(16)6-11-4-2-3-5-17-11/h7-9,11H,2-6H2,1H3,(H,13,14)(H,15,16). The number of ether oxygens (including phenoxy) is 1. The highest BCUT2D eigenvalue weighted by Gasteiger charge is 2.19. The Kier molecular flexibility index (Phi) is 4.14. The molecule has 2 unspecified atom stereocenters. The van der Waals surface area contributed by atoms with Crippen LogP contribution in [0.2, 0.25) is 0 Å². The molecule has 0 spiro atoms. The maximum Gasteiger partial charge on any atom is 0.223 e. The Morgan fingerprint density at radius 1 is 1.71 bits per heavy atom. The molecular formula is C12H19N3O2. The van der Waals surface area contributed by atoms with Crippen LogP contribution >= 0.6 is 0 Å². The molecule has 1 fully saturated rings. The summed E-state index contributed by atoms with van der Waals surface area (Å²) in [6.07, 6.45) is 7.35. The first kappa shape index (κ1) is 12.1. The molecule has 1 aliphatic rings. The van der Waals surface area contributed by atoms with Crippen molar-refractivity contribution in [1.29, 1.82) is 0 Å². The van der Waals surface area contributed by atoms with Crippen molar-refractivity contribution in [1.82, 2.24) is 15.5 Å². The molecule has 0 aromatic carbocycles. The second kappa shape index (κ2) is 5.82. The van der Waals surface area contributed by atoms with Crippen LogP contribution < -0.4 is 5.32 Å². The number of rotatable bonds is 4.